The highest BCUT2D eigenvalue weighted by molar-refractivity contribution is 5.79. The number of hydrogen-bond acceptors (Lipinski definition) is 3. The summed E-state index contributed by atoms with van der Waals surface area (Å²) in [6, 6.07) is 8.61. The van der Waals surface area contributed by atoms with Crippen LogP contribution < -0.4 is 15.4 Å². The molecule has 1 aliphatic rings. The molecule has 5 nitrogen and oxygen atoms in total. The number of aliphatic imine (C=N–C) groups is 1. The van der Waals surface area contributed by atoms with Crippen LogP contribution in [-0.2, 0) is 6.54 Å². The van der Waals surface area contributed by atoms with E-state index in [1.165, 1.54) is 31.5 Å². The minimum atomic E-state index is 0.521. The third-order valence-electron chi connectivity index (χ3n) is 4.82. The fourth-order valence-electron chi connectivity index (χ4n) is 3.03. The van der Waals surface area contributed by atoms with Gasteiger partial charge in [0.05, 0.1) is 7.11 Å². The normalized spacial score (nSPS) is 18.2. The Kier molecular flexibility index (Phi) is 7.37. The predicted octanol–water partition coefficient (Wildman–Crippen LogP) is 2.48. The molecule has 1 fully saturated rings. The number of piperidine rings is 1. The molecule has 0 aliphatic carbocycles. The predicted molar refractivity (Wildman–Crippen MR) is 101 cm³/mol. The van der Waals surface area contributed by atoms with Crippen molar-refractivity contribution in [1.82, 2.24) is 15.5 Å². The van der Waals surface area contributed by atoms with E-state index in [9.17, 15) is 0 Å². The second kappa shape index (κ2) is 9.52. The average molecular weight is 332 g/mol. The van der Waals surface area contributed by atoms with Gasteiger partial charge in [0.1, 0.15) is 5.75 Å². The van der Waals surface area contributed by atoms with Crippen LogP contribution in [0.1, 0.15) is 32.3 Å². The molecule has 5 heteroatoms. The number of ether oxygens (including phenoxy) is 1. The van der Waals surface area contributed by atoms with E-state index < -0.39 is 0 Å². The summed E-state index contributed by atoms with van der Waals surface area (Å²) < 4.78 is 5.26. The molecule has 24 heavy (non-hydrogen) atoms. The van der Waals surface area contributed by atoms with Crippen LogP contribution in [0.2, 0.25) is 0 Å². The van der Waals surface area contributed by atoms with Crippen LogP contribution in [0.15, 0.2) is 29.3 Å². The fourth-order valence-corrected chi connectivity index (χ4v) is 3.03. The lowest BCUT2D eigenvalue weighted by molar-refractivity contribution is 0.147. The van der Waals surface area contributed by atoms with Crippen molar-refractivity contribution in [1.29, 1.82) is 0 Å². The third kappa shape index (κ3) is 5.71. The maximum Gasteiger partial charge on any atom is 0.191 e. The van der Waals surface area contributed by atoms with E-state index in [0.717, 1.165) is 30.7 Å². The van der Waals surface area contributed by atoms with E-state index in [1.807, 2.05) is 25.2 Å². The summed E-state index contributed by atoms with van der Waals surface area (Å²) >= 11 is 0. The van der Waals surface area contributed by atoms with Gasteiger partial charge in [0, 0.05) is 26.2 Å². The monoisotopic (exact) mass is 332 g/mol. The highest BCUT2D eigenvalue weighted by Gasteiger charge is 2.20. The fraction of sp³-hybridized carbons (Fsp3) is 0.632. The zero-order valence-electron chi connectivity index (χ0n) is 15.5. The summed E-state index contributed by atoms with van der Waals surface area (Å²) in [5.74, 6) is 2.60. The average Bonchev–Trinajstić information content (AvgIpc) is 2.62. The maximum absolute atomic E-state index is 5.26. The highest BCUT2D eigenvalue weighted by atomic mass is 16.5. The molecule has 1 aliphatic heterocycles. The molecule has 1 aromatic rings. The Balaban J connectivity index is 1.75. The summed E-state index contributed by atoms with van der Waals surface area (Å²) in [5, 5.41) is 6.81. The summed E-state index contributed by atoms with van der Waals surface area (Å²) in [4.78, 5) is 6.89. The van der Waals surface area contributed by atoms with Gasteiger partial charge >= 0.3 is 0 Å². The number of nitrogens with one attached hydrogen (secondary N) is 2. The van der Waals surface area contributed by atoms with E-state index in [-0.39, 0.29) is 0 Å². The third-order valence-corrected chi connectivity index (χ3v) is 4.82. The van der Waals surface area contributed by atoms with Crippen LogP contribution in [0, 0.1) is 5.92 Å². The first kappa shape index (κ1) is 18.6. The van der Waals surface area contributed by atoms with Crippen molar-refractivity contribution < 1.29 is 4.74 Å². The largest absolute Gasteiger partial charge is 0.497 e. The van der Waals surface area contributed by atoms with E-state index in [0.29, 0.717) is 6.04 Å². The summed E-state index contributed by atoms with van der Waals surface area (Å²) in [5.41, 5.74) is 1.18. The Morgan fingerprint density at radius 3 is 2.75 bits per heavy atom. The van der Waals surface area contributed by atoms with Crippen molar-refractivity contribution in [3.8, 4) is 5.75 Å². The van der Waals surface area contributed by atoms with Crippen LogP contribution in [0.3, 0.4) is 0 Å². The molecule has 1 aromatic carbocycles. The Labute approximate surface area is 146 Å². The molecule has 1 atom stereocenters. The molecule has 1 saturated heterocycles. The van der Waals surface area contributed by atoms with Gasteiger partial charge in [0.15, 0.2) is 5.96 Å². The zero-order chi connectivity index (χ0) is 17.4. The number of guanidine groups is 1. The van der Waals surface area contributed by atoms with E-state index in [1.54, 1.807) is 7.11 Å². The molecule has 1 unspecified atom stereocenters. The molecule has 0 spiro atoms. The van der Waals surface area contributed by atoms with Crippen LogP contribution in [0.4, 0.5) is 0 Å². The Hall–Kier alpha value is -1.75. The van der Waals surface area contributed by atoms with Gasteiger partial charge in [-0.25, -0.2) is 0 Å². The SMILES string of the molecule is CN=C(NCc1cccc(OC)c1)NCC(C)N1CCC(C)CC1. The molecule has 0 radical (unpaired) electrons. The minimum Gasteiger partial charge on any atom is -0.497 e. The smallest absolute Gasteiger partial charge is 0.191 e. The second-order valence-corrected chi connectivity index (χ2v) is 6.73. The lowest BCUT2D eigenvalue weighted by Gasteiger charge is -2.35. The van der Waals surface area contributed by atoms with Gasteiger partial charge in [-0.2, -0.15) is 0 Å². The summed E-state index contributed by atoms with van der Waals surface area (Å²) in [6.45, 7) is 8.70. The number of nitrogens with zero attached hydrogens (tertiary/aromatic N) is 2. The first-order valence-electron chi connectivity index (χ1n) is 8.94. The van der Waals surface area contributed by atoms with Crippen molar-refractivity contribution in [3.05, 3.63) is 29.8 Å². The van der Waals surface area contributed by atoms with Crippen molar-refractivity contribution in [2.45, 2.75) is 39.3 Å². The van der Waals surface area contributed by atoms with Gasteiger partial charge in [-0.3, -0.25) is 9.89 Å². The van der Waals surface area contributed by atoms with Gasteiger partial charge in [-0.1, -0.05) is 19.1 Å². The minimum absolute atomic E-state index is 0.521. The van der Waals surface area contributed by atoms with E-state index in [4.69, 9.17) is 4.74 Å². The van der Waals surface area contributed by atoms with Crippen molar-refractivity contribution >= 4 is 5.96 Å². The molecule has 0 amide bonds. The number of rotatable bonds is 6. The molecule has 1 heterocycles. The Morgan fingerprint density at radius 2 is 2.08 bits per heavy atom. The number of likely N-dealkylation sites (tertiary alicyclic amines) is 1. The quantitative estimate of drug-likeness (QED) is 0.621. The van der Waals surface area contributed by atoms with Gasteiger partial charge in [-0.15, -0.1) is 0 Å². The first-order valence-corrected chi connectivity index (χ1v) is 8.94. The van der Waals surface area contributed by atoms with Crippen molar-refractivity contribution in [2.75, 3.05) is 33.8 Å². The van der Waals surface area contributed by atoms with E-state index in [2.05, 4.69) is 40.4 Å². The Bertz CT molecular complexity index is 524. The van der Waals surface area contributed by atoms with Gasteiger partial charge < -0.3 is 15.4 Å². The molecule has 0 bridgehead atoms. The topological polar surface area (TPSA) is 48.9 Å². The lowest BCUT2D eigenvalue weighted by atomic mass is 9.98. The second-order valence-electron chi connectivity index (χ2n) is 6.73. The molecule has 2 N–H and O–H groups in total. The van der Waals surface area contributed by atoms with Crippen molar-refractivity contribution in [2.24, 2.45) is 10.9 Å². The van der Waals surface area contributed by atoms with Crippen molar-refractivity contribution in [3.63, 3.8) is 0 Å². The highest BCUT2D eigenvalue weighted by Crippen LogP contribution is 2.17. The zero-order valence-corrected chi connectivity index (χ0v) is 15.5. The number of methoxy groups -OCH3 is 1. The summed E-state index contributed by atoms with van der Waals surface area (Å²) in [7, 11) is 3.50. The van der Waals surface area contributed by atoms with Crippen LogP contribution in [0.5, 0.6) is 5.75 Å². The molecule has 134 valence electrons. The summed E-state index contributed by atoms with van der Waals surface area (Å²) in [6.07, 6.45) is 2.63. The van der Waals surface area contributed by atoms with Gasteiger partial charge in [-0.05, 0) is 56.5 Å². The molecule has 0 saturated carbocycles. The molecule has 2 rings (SSSR count). The maximum atomic E-state index is 5.26. The van der Waals surface area contributed by atoms with E-state index >= 15 is 0 Å². The number of benzene rings is 1. The van der Waals surface area contributed by atoms with Crippen LogP contribution in [-0.4, -0.2) is 50.7 Å². The first-order chi connectivity index (χ1) is 11.6. The molecular formula is C19H32N4O. The molecule has 0 aromatic heterocycles. The van der Waals surface area contributed by atoms with Gasteiger partial charge in [0.2, 0.25) is 0 Å². The molecular weight excluding hydrogens is 300 g/mol. The standard InChI is InChI=1S/C19H32N4O/c1-15-8-10-23(11-9-15)16(2)13-21-19(20-3)22-14-17-6-5-7-18(12-17)24-4/h5-7,12,15-16H,8-11,13-14H2,1-4H3,(H2,20,21,22). The van der Waals surface area contributed by atoms with Crippen LogP contribution in [0.25, 0.3) is 0 Å². The Morgan fingerprint density at radius 1 is 1.33 bits per heavy atom. The lowest BCUT2D eigenvalue weighted by Crippen LogP contribution is -2.47. The number of hydrogen-bond donors (Lipinski definition) is 2. The van der Waals surface area contributed by atoms with Crippen LogP contribution >= 0.6 is 0 Å². The van der Waals surface area contributed by atoms with Gasteiger partial charge in [0.25, 0.3) is 0 Å².